The monoisotopic (exact) mass is 346 g/mol. The van der Waals surface area contributed by atoms with E-state index in [4.69, 9.17) is 4.74 Å². The molecule has 25 heavy (non-hydrogen) atoms. The molecule has 2 aliphatic rings. The average Bonchev–Trinajstić information content (AvgIpc) is 2.66. The van der Waals surface area contributed by atoms with Gasteiger partial charge in [-0.2, -0.15) is 0 Å². The van der Waals surface area contributed by atoms with Gasteiger partial charge in [0.05, 0.1) is 12.7 Å². The first kappa shape index (κ1) is 20.7. The van der Waals surface area contributed by atoms with E-state index in [9.17, 15) is 0 Å². The molecule has 144 valence electrons. The number of hydrogen-bond acceptors (Lipinski definition) is 1. The molecular weight excluding hydrogens is 304 g/mol. The first-order valence-corrected chi connectivity index (χ1v) is 11.2. The molecule has 0 aromatic rings. The highest BCUT2D eigenvalue weighted by atomic mass is 16.5. The van der Waals surface area contributed by atoms with Crippen LogP contribution in [-0.2, 0) is 4.74 Å². The third-order valence-corrected chi connectivity index (χ3v) is 6.48. The third-order valence-electron chi connectivity index (χ3n) is 6.48. The van der Waals surface area contributed by atoms with Crippen LogP contribution in [0, 0.1) is 17.8 Å². The first-order valence-electron chi connectivity index (χ1n) is 11.2. The summed E-state index contributed by atoms with van der Waals surface area (Å²) < 4.78 is 5.95. The summed E-state index contributed by atoms with van der Waals surface area (Å²) in [5.41, 5.74) is 0. The highest BCUT2D eigenvalue weighted by molar-refractivity contribution is 4.91. The van der Waals surface area contributed by atoms with Gasteiger partial charge in [-0.1, -0.05) is 50.8 Å². The van der Waals surface area contributed by atoms with Gasteiger partial charge in [0.1, 0.15) is 0 Å². The second-order valence-corrected chi connectivity index (χ2v) is 8.52. The molecule has 0 N–H and O–H groups in total. The van der Waals surface area contributed by atoms with Crippen LogP contribution in [-0.4, -0.2) is 12.7 Å². The van der Waals surface area contributed by atoms with Crippen molar-refractivity contribution in [1.82, 2.24) is 0 Å². The Hall–Kier alpha value is -0.560. The molecule has 0 unspecified atom stereocenters. The molecule has 2 fully saturated rings. The van der Waals surface area contributed by atoms with E-state index >= 15 is 0 Å². The molecule has 0 amide bonds. The van der Waals surface area contributed by atoms with E-state index in [1.165, 1.54) is 83.5 Å². The zero-order valence-corrected chi connectivity index (χ0v) is 16.8. The van der Waals surface area contributed by atoms with E-state index < -0.39 is 0 Å². The lowest BCUT2D eigenvalue weighted by Crippen LogP contribution is -2.23. The van der Waals surface area contributed by atoms with Crippen molar-refractivity contribution in [3.05, 3.63) is 24.8 Å². The number of unbranched alkanes of at least 4 members (excludes halogenated alkanes) is 2. The molecule has 0 aromatic heterocycles. The molecule has 0 heterocycles. The third kappa shape index (κ3) is 8.58. The minimum Gasteiger partial charge on any atom is -0.378 e. The molecule has 0 aromatic carbocycles. The maximum atomic E-state index is 5.95. The Balaban J connectivity index is 1.52. The van der Waals surface area contributed by atoms with Gasteiger partial charge in [0.25, 0.3) is 0 Å². The van der Waals surface area contributed by atoms with E-state index in [2.05, 4.69) is 25.7 Å². The van der Waals surface area contributed by atoms with E-state index in [0.717, 1.165) is 30.8 Å². The van der Waals surface area contributed by atoms with Crippen LogP contribution >= 0.6 is 0 Å². The average molecular weight is 347 g/mol. The van der Waals surface area contributed by atoms with Gasteiger partial charge in [-0.25, -0.2) is 0 Å². The van der Waals surface area contributed by atoms with Crippen LogP contribution in [0.1, 0.15) is 96.8 Å². The number of rotatable bonds is 11. The van der Waals surface area contributed by atoms with Gasteiger partial charge in [0, 0.05) is 0 Å². The molecule has 0 aliphatic heterocycles. The largest absolute Gasteiger partial charge is 0.378 e. The fourth-order valence-corrected chi connectivity index (χ4v) is 4.66. The Morgan fingerprint density at radius 3 is 2.12 bits per heavy atom. The Bertz CT molecular complexity index is 356. The number of ether oxygens (including phenoxy) is 1. The summed E-state index contributed by atoms with van der Waals surface area (Å²) in [5.74, 6) is 2.88. The Morgan fingerprint density at radius 2 is 1.52 bits per heavy atom. The zero-order valence-electron chi connectivity index (χ0n) is 16.8. The van der Waals surface area contributed by atoms with Crippen LogP contribution in [0.3, 0.4) is 0 Å². The van der Waals surface area contributed by atoms with Gasteiger partial charge in [-0.05, 0) is 82.0 Å². The van der Waals surface area contributed by atoms with E-state index in [0.29, 0.717) is 6.10 Å². The topological polar surface area (TPSA) is 9.23 Å². The van der Waals surface area contributed by atoms with Crippen molar-refractivity contribution in [3.8, 4) is 0 Å². The van der Waals surface area contributed by atoms with Crippen LogP contribution in [0.15, 0.2) is 24.8 Å². The van der Waals surface area contributed by atoms with Gasteiger partial charge in [0.2, 0.25) is 0 Å². The highest BCUT2D eigenvalue weighted by Gasteiger charge is 2.24. The van der Waals surface area contributed by atoms with Crippen molar-refractivity contribution in [2.24, 2.45) is 17.8 Å². The molecule has 1 heteroatoms. The van der Waals surface area contributed by atoms with Crippen molar-refractivity contribution in [3.63, 3.8) is 0 Å². The summed E-state index contributed by atoms with van der Waals surface area (Å²) in [7, 11) is 0. The first-order chi connectivity index (χ1) is 12.3. The molecule has 1 nitrogen and oxygen atoms in total. The predicted octanol–water partition coefficient (Wildman–Crippen LogP) is 7.47. The number of hydrogen-bond donors (Lipinski definition) is 0. The van der Waals surface area contributed by atoms with Crippen LogP contribution in [0.25, 0.3) is 0 Å². The van der Waals surface area contributed by atoms with Crippen molar-refractivity contribution in [1.29, 1.82) is 0 Å². The SMILES string of the molecule is C=CCCOC1CCC(CCC2CCC(C=CCCCC)CC2)CC1. The quantitative estimate of drug-likeness (QED) is 0.278. The summed E-state index contributed by atoms with van der Waals surface area (Å²) in [5, 5.41) is 0. The second-order valence-electron chi connectivity index (χ2n) is 8.52. The lowest BCUT2D eigenvalue weighted by molar-refractivity contribution is 0.0189. The van der Waals surface area contributed by atoms with Crippen molar-refractivity contribution in [2.75, 3.05) is 6.61 Å². The van der Waals surface area contributed by atoms with Crippen LogP contribution in [0.2, 0.25) is 0 Å². The van der Waals surface area contributed by atoms with Crippen LogP contribution in [0.5, 0.6) is 0 Å². The van der Waals surface area contributed by atoms with E-state index in [1.807, 2.05) is 6.08 Å². The molecule has 0 atom stereocenters. The van der Waals surface area contributed by atoms with Gasteiger partial charge in [-0.3, -0.25) is 0 Å². The summed E-state index contributed by atoms with van der Waals surface area (Å²) in [6.07, 6.45) is 26.6. The Kier molecular flexibility index (Phi) is 10.6. The molecule has 0 bridgehead atoms. The lowest BCUT2D eigenvalue weighted by Gasteiger charge is -2.31. The Morgan fingerprint density at radius 1 is 0.880 bits per heavy atom. The zero-order chi connectivity index (χ0) is 17.7. The number of allylic oxidation sites excluding steroid dienone is 2. The van der Waals surface area contributed by atoms with Gasteiger partial charge < -0.3 is 4.74 Å². The molecular formula is C24H42O. The molecule has 2 saturated carbocycles. The maximum absolute atomic E-state index is 5.95. The summed E-state index contributed by atoms with van der Waals surface area (Å²) in [4.78, 5) is 0. The van der Waals surface area contributed by atoms with Crippen LogP contribution < -0.4 is 0 Å². The summed E-state index contributed by atoms with van der Waals surface area (Å²) >= 11 is 0. The van der Waals surface area contributed by atoms with Gasteiger partial charge in [0.15, 0.2) is 0 Å². The molecule has 2 rings (SSSR count). The van der Waals surface area contributed by atoms with Gasteiger partial charge >= 0.3 is 0 Å². The smallest absolute Gasteiger partial charge is 0.0575 e. The lowest BCUT2D eigenvalue weighted by atomic mass is 9.77. The molecule has 0 radical (unpaired) electrons. The maximum Gasteiger partial charge on any atom is 0.0575 e. The predicted molar refractivity (Wildman–Crippen MR) is 110 cm³/mol. The molecule has 0 saturated heterocycles. The summed E-state index contributed by atoms with van der Waals surface area (Å²) in [6, 6.07) is 0. The van der Waals surface area contributed by atoms with E-state index in [-0.39, 0.29) is 0 Å². The van der Waals surface area contributed by atoms with Crippen molar-refractivity contribution >= 4 is 0 Å². The molecule has 2 aliphatic carbocycles. The fraction of sp³-hybridized carbons (Fsp3) is 0.833. The van der Waals surface area contributed by atoms with Gasteiger partial charge in [-0.15, -0.1) is 6.58 Å². The van der Waals surface area contributed by atoms with Crippen LogP contribution in [0.4, 0.5) is 0 Å². The van der Waals surface area contributed by atoms with Crippen molar-refractivity contribution in [2.45, 2.75) is 103 Å². The van der Waals surface area contributed by atoms with E-state index in [1.54, 1.807) is 0 Å². The summed E-state index contributed by atoms with van der Waals surface area (Å²) in [6.45, 7) is 6.92. The Labute approximate surface area is 157 Å². The highest BCUT2D eigenvalue weighted by Crippen LogP contribution is 2.36. The fourth-order valence-electron chi connectivity index (χ4n) is 4.66. The normalized spacial score (nSPS) is 30.6. The minimum atomic E-state index is 0.533. The minimum absolute atomic E-state index is 0.533. The standard InChI is InChI=1S/C24H42O/c1-3-5-7-8-9-21-10-12-22(13-11-21)14-15-23-16-18-24(19-17-23)25-20-6-4-2/h4,8-9,21-24H,2-3,5-7,10-20H2,1H3. The van der Waals surface area contributed by atoms with Crippen molar-refractivity contribution < 1.29 is 4.74 Å². The molecule has 0 spiro atoms. The second kappa shape index (κ2) is 12.7.